The van der Waals surface area contributed by atoms with Gasteiger partial charge in [-0.2, -0.15) is 11.8 Å². The normalized spacial score (nSPS) is 20.2. The lowest BCUT2D eigenvalue weighted by Gasteiger charge is -2.20. The summed E-state index contributed by atoms with van der Waals surface area (Å²) in [5.74, 6) is 5.11. The van der Waals surface area contributed by atoms with Gasteiger partial charge < -0.3 is 4.74 Å². The number of fused-ring (bicyclic) bond motifs is 1. The lowest BCUT2D eigenvalue weighted by atomic mass is 10.0. The van der Waals surface area contributed by atoms with Crippen molar-refractivity contribution in [2.75, 3.05) is 18.6 Å². The first-order valence-corrected chi connectivity index (χ1v) is 7.48. The Bertz CT molecular complexity index is 534. The predicted molar refractivity (Wildman–Crippen MR) is 73.3 cm³/mol. The number of rotatable bonds is 3. The summed E-state index contributed by atoms with van der Waals surface area (Å²) < 4.78 is 7.42. The van der Waals surface area contributed by atoms with Crippen LogP contribution in [-0.4, -0.2) is 33.2 Å². The molecule has 1 saturated heterocycles. The van der Waals surface area contributed by atoms with Gasteiger partial charge in [0.05, 0.1) is 7.11 Å². The van der Waals surface area contributed by atoms with E-state index >= 15 is 0 Å². The molecule has 0 saturated carbocycles. The minimum atomic E-state index is 0.723. The van der Waals surface area contributed by atoms with Crippen molar-refractivity contribution in [1.29, 1.82) is 0 Å². The van der Waals surface area contributed by atoms with Crippen LogP contribution in [0.15, 0.2) is 18.2 Å². The van der Waals surface area contributed by atoms with E-state index in [2.05, 4.69) is 22.0 Å². The van der Waals surface area contributed by atoms with Crippen molar-refractivity contribution in [1.82, 2.24) is 14.6 Å². The molecule has 0 radical (unpaired) electrons. The summed E-state index contributed by atoms with van der Waals surface area (Å²) in [6.45, 7) is 0. The van der Waals surface area contributed by atoms with E-state index in [0.29, 0.717) is 0 Å². The van der Waals surface area contributed by atoms with Crippen molar-refractivity contribution in [3.8, 4) is 5.88 Å². The van der Waals surface area contributed by atoms with Crippen LogP contribution in [0.5, 0.6) is 5.88 Å². The van der Waals surface area contributed by atoms with Crippen molar-refractivity contribution in [2.45, 2.75) is 19.3 Å². The average Bonchev–Trinajstić information content (AvgIpc) is 2.83. The van der Waals surface area contributed by atoms with E-state index in [4.69, 9.17) is 4.74 Å². The van der Waals surface area contributed by atoms with Gasteiger partial charge in [-0.3, -0.25) is 0 Å². The summed E-state index contributed by atoms with van der Waals surface area (Å²) in [6.07, 6.45) is 3.62. The van der Waals surface area contributed by atoms with Crippen LogP contribution in [0.4, 0.5) is 0 Å². The second-order valence-corrected chi connectivity index (χ2v) is 5.82. The van der Waals surface area contributed by atoms with E-state index in [-0.39, 0.29) is 0 Å². The van der Waals surface area contributed by atoms with Gasteiger partial charge in [0.25, 0.3) is 0 Å². The van der Waals surface area contributed by atoms with Crippen LogP contribution in [-0.2, 0) is 6.42 Å². The number of methoxy groups -OCH3 is 1. The Kier molecular flexibility index (Phi) is 3.41. The lowest BCUT2D eigenvalue weighted by molar-refractivity contribution is 0.387. The zero-order chi connectivity index (χ0) is 12.4. The van der Waals surface area contributed by atoms with Crippen LogP contribution >= 0.6 is 11.8 Å². The molecule has 0 spiro atoms. The number of hydrogen-bond acceptors (Lipinski definition) is 4. The maximum absolute atomic E-state index is 5.39. The number of aromatic nitrogens is 3. The summed E-state index contributed by atoms with van der Waals surface area (Å²) in [4.78, 5) is 0. The highest BCUT2D eigenvalue weighted by molar-refractivity contribution is 7.99. The molecule has 0 N–H and O–H groups in total. The van der Waals surface area contributed by atoms with Crippen molar-refractivity contribution >= 4 is 17.4 Å². The van der Waals surface area contributed by atoms with Crippen molar-refractivity contribution in [2.24, 2.45) is 5.92 Å². The zero-order valence-electron chi connectivity index (χ0n) is 10.5. The standard InChI is InChI=1S/C13H17N3OS/c1-17-13-6-2-5-11-14-15-12(16(11)13)8-10-4-3-7-18-9-10/h2,5-6,10H,3-4,7-9H2,1H3. The van der Waals surface area contributed by atoms with Crippen molar-refractivity contribution in [3.05, 3.63) is 24.0 Å². The quantitative estimate of drug-likeness (QED) is 0.852. The molecule has 1 aliphatic rings. The topological polar surface area (TPSA) is 39.4 Å². The first-order valence-electron chi connectivity index (χ1n) is 6.33. The average molecular weight is 263 g/mol. The van der Waals surface area contributed by atoms with Crippen LogP contribution in [0, 0.1) is 5.92 Å². The number of thioether (sulfide) groups is 1. The third kappa shape index (κ3) is 2.19. The Labute approximate surface area is 111 Å². The van der Waals surface area contributed by atoms with Gasteiger partial charge in [0.1, 0.15) is 5.82 Å². The monoisotopic (exact) mass is 263 g/mol. The highest BCUT2D eigenvalue weighted by atomic mass is 32.2. The minimum absolute atomic E-state index is 0.723. The van der Waals surface area contributed by atoms with Crippen LogP contribution in [0.2, 0.25) is 0 Å². The molecule has 1 atom stereocenters. The minimum Gasteiger partial charge on any atom is -0.482 e. The molecular formula is C13H17N3OS. The predicted octanol–water partition coefficient (Wildman–Crippen LogP) is 2.42. The molecule has 0 bridgehead atoms. The smallest absolute Gasteiger partial charge is 0.200 e. The van der Waals surface area contributed by atoms with E-state index in [1.165, 1.54) is 24.3 Å². The van der Waals surface area contributed by atoms with E-state index in [1.54, 1.807) is 7.11 Å². The Morgan fingerprint density at radius 2 is 2.39 bits per heavy atom. The zero-order valence-corrected chi connectivity index (χ0v) is 11.3. The van der Waals surface area contributed by atoms with Gasteiger partial charge in [0.15, 0.2) is 5.65 Å². The van der Waals surface area contributed by atoms with Gasteiger partial charge in [-0.1, -0.05) is 6.07 Å². The molecule has 96 valence electrons. The molecule has 3 rings (SSSR count). The molecule has 18 heavy (non-hydrogen) atoms. The molecule has 2 aromatic rings. The third-order valence-corrected chi connectivity index (χ3v) is 4.68. The molecule has 4 nitrogen and oxygen atoms in total. The summed E-state index contributed by atoms with van der Waals surface area (Å²) in [7, 11) is 1.69. The molecule has 1 aliphatic heterocycles. The summed E-state index contributed by atoms with van der Waals surface area (Å²) in [5, 5.41) is 8.54. The first-order chi connectivity index (χ1) is 8.88. The van der Waals surface area contributed by atoms with Gasteiger partial charge in [0.2, 0.25) is 5.88 Å². The molecule has 0 aliphatic carbocycles. The van der Waals surface area contributed by atoms with Crippen LogP contribution in [0.1, 0.15) is 18.7 Å². The van der Waals surface area contributed by atoms with Crippen molar-refractivity contribution < 1.29 is 4.74 Å². The molecule has 5 heteroatoms. The van der Waals surface area contributed by atoms with Gasteiger partial charge in [-0.15, -0.1) is 10.2 Å². The first kappa shape index (κ1) is 11.8. The van der Waals surface area contributed by atoms with Gasteiger partial charge in [-0.05, 0) is 42.4 Å². The lowest BCUT2D eigenvalue weighted by Crippen LogP contribution is -2.15. The highest BCUT2D eigenvalue weighted by Gasteiger charge is 2.18. The third-order valence-electron chi connectivity index (χ3n) is 3.39. The summed E-state index contributed by atoms with van der Waals surface area (Å²) in [5.41, 5.74) is 0.868. The van der Waals surface area contributed by atoms with Crippen molar-refractivity contribution in [3.63, 3.8) is 0 Å². The van der Waals surface area contributed by atoms with Gasteiger partial charge in [0, 0.05) is 6.42 Å². The maximum Gasteiger partial charge on any atom is 0.200 e. The number of pyridine rings is 1. The second-order valence-electron chi connectivity index (χ2n) is 4.67. The number of hydrogen-bond donors (Lipinski definition) is 0. The molecule has 2 aromatic heterocycles. The Morgan fingerprint density at radius 1 is 1.44 bits per heavy atom. The van der Waals surface area contributed by atoms with E-state index in [9.17, 15) is 0 Å². The SMILES string of the molecule is COc1cccc2nnc(CC3CCCSC3)n12. The van der Waals surface area contributed by atoms with Crippen LogP contribution < -0.4 is 4.74 Å². The second kappa shape index (κ2) is 5.18. The molecule has 0 aromatic carbocycles. The fourth-order valence-corrected chi connectivity index (χ4v) is 3.64. The number of ether oxygens (including phenoxy) is 1. The molecule has 1 unspecified atom stereocenters. The molecule has 3 heterocycles. The Morgan fingerprint density at radius 3 is 3.17 bits per heavy atom. The Balaban J connectivity index is 1.91. The summed E-state index contributed by atoms with van der Waals surface area (Å²) in [6, 6.07) is 5.87. The van der Waals surface area contributed by atoms with Gasteiger partial charge >= 0.3 is 0 Å². The molecule has 0 amide bonds. The van der Waals surface area contributed by atoms with E-state index in [1.807, 2.05) is 22.6 Å². The highest BCUT2D eigenvalue weighted by Crippen LogP contribution is 2.26. The fraction of sp³-hybridized carbons (Fsp3) is 0.538. The van der Waals surface area contributed by atoms with E-state index in [0.717, 1.165) is 29.7 Å². The summed E-state index contributed by atoms with van der Waals surface area (Å²) >= 11 is 2.05. The maximum atomic E-state index is 5.39. The van der Waals surface area contributed by atoms with E-state index < -0.39 is 0 Å². The number of nitrogens with zero attached hydrogens (tertiary/aromatic N) is 3. The Hall–Kier alpha value is -1.23. The van der Waals surface area contributed by atoms with Gasteiger partial charge in [-0.25, -0.2) is 4.40 Å². The fourth-order valence-electron chi connectivity index (χ4n) is 2.49. The molecular weight excluding hydrogens is 246 g/mol. The van der Waals surface area contributed by atoms with Crippen LogP contribution in [0.25, 0.3) is 5.65 Å². The molecule has 1 fully saturated rings. The largest absolute Gasteiger partial charge is 0.482 e. The van der Waals surface area contributed by atoms with Crippen LogP contribution in [0.3, 0.4) is 0 Å².